The van der Waals surface area contributed by atoms with Crippen LogP contribution in [0.4, 0.5) is 11.6 Å². The van der Waals surface area contributed by atoms with Crippen molar-refractivity contribution in [2.24, 2.45) is 0 Å². The zero-order valence-electron chi connectivity index (χ0n) is 10.6. The molecule has 0 fully saturated rings. The van der Waals surface area contributed by atoms with Crippen LogP contribution < -0.4 is 5.32 Å². The predicted octanol–water partition coefficient (Wildman–Crippen LogP) is 4.19. The molecule has 1 N–H and O–H groups in total. The molecule has 0 amide bonds. The molecule has 0 radical (unpaired) electrons. The van der Waals surface area contributed by atoms with Crippen molar-refractivity contribution < 1.29 is 0 Å². The second kappa shape index (κ2) is 5.40. The van der Waals surface area contributed by atoms with Crippen molar-refractivity contribution in [2.75, 3.05) is 5.32 Å². The lowest BCUT2D eigenvalue weighted by molar-refractivity contribution is 0.832. The fourth-order valence-corrected chi connectivity index (χ4v) is 2.02. The molecule has 1 aromatic heterocycles. The number of imidazole rings is 1. The molecular weight excluding hydrogens is 290 g/mol. The van der Waals surface area contributed by atoms with Crippen LogP contribution >= 0.6 is 15.9 Å². The van der Waals surface area contributed by atoms with E-state index in [-0.39, 0.29) is 0 Å². The first kappa shape index (κ1) is 12.9. The monoisotopic (exact) mass is 305 g/mol. The van der Waals surface area contributed by atoms with Gasteiger partial charge in [-0.2, -0.15) is 0 Å². The maximum Gasteiger partial charge on any atom is 0.207 e. The summed E-state index contributed by atoms with van der Waals surface area (Å²) in [5.41, 5.74) is 3.22. The fourth-order valence-electron chi connectivity index (χ4n) is 1.78. The molecule has 0 unspecified atom stereocenters. The van der Waals surface area contributed by atoms with Gasteiger partial charge in [0.05, 0.1) is 5.69 Å². The van der Waals surface area contributed by atoms with Crippen LogP contribution in [0, 0.1) is 13.8 Å². The highest BCUT2D eigenvalue weighted by atomic mass is 79.9. The van der Waals surface area contributed by atoms with Crippen LogP contribution in [-0.4, -0.2) is 9.55 Å². The minimum Gasteiger partial charge on any atom is -0.326 e. The van der Waals surface area contributed by atoms with Gasteiger partial charge in [0.25, 0.3) is 0 Å². The molecule has 4 heteroatoms. The summed E-state index contributed by atoms with van der Waals surface area (Å²) in [5.74, 6) is 0.842. The second-order valence-electron chi connectivity index (χ2n) is 4.24. The van der Waals surface area contributed by atoms with Crippen molar-refractivity contribution in [3.8, 4) is 0 Å². The van der Waals surface area contributed by atoms with Gasteiger partial charge >= 0.3 is 0 Å². The number of aryl methyl sites for hydroxylation is 2. The van der Waals surface area contributed by atoms with Crippen molar-refractivity contribution in [2.45, 2.75) is 20.4 Å². The summed E-state index contributed by atoms with van der Waals surface area (Å²) < 4.78 is 3.15. The van der Waals surface area contributed by atoms with E-state index in [0.717, 1.165) is 28.3 Å². The van der Waals surface area contributed by atoms with Gasteiger partial charge in [-0.25, -0.2) is 4.98 Å². The van der Waals surface area contributed by atoms with Crippen molar-refractivity contribution in [3.05, 3.63) is 52.8 Å². The Morgan fingerprint density at radius 2 is 2.22 bits per heavy atom. The molecule has 18 heavy (non-hydrogen) atoms. The van der Waals surface area contributed by atoms with Gasteiger partial charge in [0.15, 0.2) is 0 Å². The van der Waals surface area contributed by atoms with Crippen LogP contribution in [0.1, 0.15) is 11.3 Å². The molecular formula is C14H16BrN3. The first-order chi connectivity index (χ1) is 8.60. The van der Waals surface area contributed by atoms with E-state index in [2.05, 4.69) is 45.8 Å². The highest BCUT2D eigenvalue weighted by Crippen LogP contribution is 2.22. The van der Waals surface area contributed by atoms with Crippen molar-refractivity contribution >= 4 is 27.6 Å². The Hall–Kier alpha value is -1.55. The Balaban J connectivity index is 2.27. The minimum absolute atomic E-state index is 0.749. The van der Waals surface area contributed by atoms with Crippen molar-refractivity contribution in [1.82, 2.24) is 9.55 Å². The van der Waals surface area contributed by atoms with Crippen molar-refractivity contribution in [1.29, 1.82) is 0 Å². The largest absolute Gasteiger partial charge is 0.326 e. The van der Waals surface area contributed by atoms with Crippen LogP contribution in [0.15, 0.2) is 41.5 Å². The van der Waals surface area contributed by atoms with E-state index >= 15 is 0 Å². The SMILES string of the molecule is C=CCn1cc(C)nc1Nc1ccc(Br)c(C)c1. The predicted molar refractivity (Wildman–Crippen MR) is 79.3 cm³/mol. The molecule has 0 spiro atoms. The molecule has 0 aliphatic heterocycles. The number of nitrogens with one attached hydrogen (secondary N) is 1. The van der Waals surface area contributed by atoms with E-state index in [1.165, 1.54) is 5.56 Å². The van der Waals surface area contributed by atoms with Crippen LogP contribution in [-0.2, 0) is 6.54 Å². The molecule has 0 saturated carbocycles. The molecule has 2 aromatic rings. The first-order valence-corrected chi connectivity index (χ1v) is 6.57. The summed E-state index contributed by atoms with van der Waals surface area (Å²) in [6, 6.07) is 6.15. The third kappa shape index (κ3) is 2.82. The van der Waals surface area contributed by atoms with E-state index in [1.807, 2.05) is 35.9 Å². The van der Waals surface area contributed by atoms with E-state index in [9.17, 15) is 0 Å². The number of aromatic nitrogens is 2. The molecule has 0 atom stereocenters. The molecule has 1 aromatic carbocycles. The van der Waals surface area contributed by atoms with Gasteiger partial charge in [-0.1, -0.05) is 22.0 Å². The van der Waals surface area contributed by atoms with E-state index < -0.39 is 0 Å². The summed E-state index contributed by atoms with van der Waals surface area (Å²) in [5, 5.41) is 3.33. The smallest absolute Gasteiger partial charge is 0.207 e. The van der Waals surface area contributed by atoms with Gasteiger partial charge in [-0.15, -0.1) is 6.58 Å². The number of hydrogen-bond acceptors (Lipinski definition) is 2. The number of anilines is 2. The highest BCUT2D eigenvalue weighted by Gasteiger charge is 2.05. The summed E-state index contributed by atoms with van der Waals surface area (Å²) in [6.45, 7) is 8.56. The average Bonchev–Trinajstić information content (AvgIpc) is 2.65. The van der Waals surface area contributed by atoms with Crippen LogP contribution in [0.5, 0.6) is 0 Å². The zero-order chi connectivity index (χ0) is 13.1. The van der Waals surface area contributed by atoms with Gasteiger partial charge in [-0.05, 0) is 37.6 Å². The average molecular weight is 306 g/mol. The lowest BCUT2D eigenvalue weighted by Crippen LogP contribution is -2.01. The van der Waals surface area contributed by atoms with Crippen LogP contribution in [0.3, 0.4) is 0 Å². The lowest BCUT2D eigenvalue weighted by Gasteiger charge is -2.09. The number of rotatable bonds is 4. The van der Waals surface area contributed by atoms with E-state index in [1.54, 1.807) is 0 Å². The zero-order valence-corrected chi connectivity index (χ0v) is 12.2. The van der Waals surface area contributed by atoms with Crippen molar-refractivity contribution in [3.63, 3.8) is 0 Å². The number of hydrogen-bond donors (Lipinski definition) is 1. The number of nitrogens with zero attached hydrogens (tertiary/aromatic N) is 2. The van der Waals surface area contributed by atoms with Gasteiger partial charge in [0.1, 0.15) is 0 Å². The Morgan fingerprint density at radius 1 is 1.44 bits per heavy atom. The van der Waals surface area contributed by atoms with Gasteiger partial charge in [0, 0.05) is 22.9 Å². The number of halogens is 1. The summed E-state index contributed by atoms with van der Waals surface area (Å²) in [6.07, 6.45) is 3.87. The van der Waals surface area contributed by atoms with Gasteiger partial charge < -0.3 is 9.88 Å². The van der Waals surface area contributed by atoms with E-state index in [0.29, 0.717) is 0 Å². The number of allylic oxidation sites excluding steroid dienone is 1. The Morgan fingerprint density at radius 3 is 2.89 bits per heavy atom. The molecule has 3 nitrogen and oxygen atoms in total. The Bertz CT molecular complexity index is 572. The third-order valence-electron chi connectivity index (χ3n) is 2.64. The minimum atomic E-state index is 0.749. The van der Waals surface area contributed by atoms with Gasteiger partial charge in [-0.3, -0.25) is 0 Å². The Labute approximate surface area is 116 Å². The number of benzene rings is 1. The first-order valence-electron chi connectivity index (χ1n) is 5.78. The molecule has 2 rings (SSSR count). The summed E-state index contributed by atoms with van der Waals surface area (Å²) >= 11 is 3.50. The van der Waals surface area contributed by atoms with Gasteiger partial charge in [0.2, 0.25) is 5.95 Å². The molecule has 94 valence electrons. The van der Waals surface area contributed by atoms with E-state index in [4.69, 9.17) is 0 Å². The third-order valence-corrected chi connectivity index (χ3v) is 3.53. The summed E-state index contributed by atoms with van der Waals surface area (Å²) in [7, 11) is 0. The maximum absolute atomic E-state index is 4.47. The lowest BCUT2D eigenvalue weighted by atomic mass is 10.2. The second-order valence-corrected chi connectivity index (χ2v) is 5.09. The Kier molecular flexibility index (Phi) is 3.87. The molecule has 1 heterocycles. The standard InChI is InChI=1S/C14H16BrN3/c1-4-7-18-9-11(3)16-14(18)17-12-5-6-13(15)10(2)8-12/h4-6,8-9H,1,7H2,2-3H3,(H,16,17). The molecule has 0 aliphatic rings. The maximum atomic E-state index is 4.47. The molecule has 0 saturated heterocycles. The fraction of sp³-hybridized carbons (Fsp3) is 0.214. The quantitative estimate of drug-likeness (QED) is 0.858. The molecule has 0 aliphatic carbocycles. The van der Waals surface area contributed by atoms with Crippen LogP contribution in [0.25, 0.3) is 0 Å². The topological polar surface area (TPSA) is 29.9 Å². The summed E-state index contributed by atoms with van der Waals surface area (Å²) in [4.78, 5) is 4.47. The van der Waals surface area contributed by atoms with Crippen LogP contribution in [0.2, 0.25) is 0 Å². The highest BCUT2D eigenvalue weighted by molar-refractivity contribution is 9.10. The normalized spacial score (nSPS) is 10.4. The molecule has 0 bridgehead atoms.